The third kappa shape index (κ3) is 5.96. The van der Waals surface area contributed by atoms with Gasteiger partial charge >= 0.3 is 6.09 Å². The Labute approximate surface area is 155 Å². The Hall–Kier alpha value is -0.593. The van der Waals surface area contributed by atoms with Gasteiger partial charge in [-0.05, 0) is 56.2 Å². The summed E-state index contributed by atoms with van der Waals surface area (Å²) in [7, 11) is -0.314. The van der Waals surface area contributed by atoms with Gasteiger partial charge in [0.1, 0.15) is 0 Å². The molecular weight excluding hydrogens is 334 g/mol. The second-order valence-electron chi connectivity index (χ2n) is 8.92. The molecule has 1 heterocycles. The first kappa shape index (κ1) is 22.4. The molecule has 0 aromatic rings. The van der Waals surface area contributed by atoms with Gasteiger partial charge in [-0.25, -0.2) is 4.79 Å². The van der Waals surface area contributed by atoms with Crippen molar-refractivity contribution >= 4 is 14.4 Å². The molecule has 3 atom stereocenters. The van der Waals surface area contributed by atoms with Gasteiger partial charge < -0.3 is 19.2 Å². The topological polar surface area (TPSA) is 59.0 Å². The van der Waals surface area contributed by atoms with Crippen LogP contribution in [0.5, 0.6) is 0 Å². The van der Waals surface area contributed by atoms with E-state index in [4.69, 9.17) is 9.16 Å². The summed E-state index contributed by atoms with van der Waals surface area (Å²) in [5.41, 5.74) is 0. The number of amides is 1. The van der Waals surface area contributed by atoms with Crippen LogP contribution in [0.25, 0.3) is 0 Å². The molecule has 0 spiro atoms. The molecule has 0 bridgehead atoms. The summed E-state index contributed by atoms with van der Waals surface area (Å²) in [6.45, 7) is 14.3. The summed E-state index contributed by atoms with van der Waals surface area (Å²) in [6.07, 6.45) is 4.25. The highest BCUT2D eigenvalue weighted by Crippen LogP contribution is 2.37. The number of nitrogens with zero attached hydrogens (tertiary/aromatic N) is 1. The number of rotatable bonds is 7. The smallest absolute Gasteiger partial charge is 0.409 e. The van der Waals surface area contributed by atoms with Crippen LogP contribution >= 0.6 is 0 Å². The Morgan fingerprint density at radius 2 is 1.88 bits per heavy atom. The lowest BCUT2D eigenvalue weighted by atomic mass is 9.84. The minimum absolute atomic E-state index is 0.145. The van der Waals surface area contributed by atoms with Gasteiger partial charge in [-0.2, -0.15) is 0 Å². The zero-order valence-corrected chi connectivity index (χ0v) is 18.3. The minimum Gasteiger partial charge on any atom is -0.453 e. The molecule has 25 heavy (non-hydrogen) atoms. The van der Waals surface area contributed by atoms with Crippen LogP contribution in [0.3, 0.4) is 0 Å². The molecular formula is C19H39NO4Si. The van der Waals surface area contributed by atoms with E-state index in [2.05, 4.69) is 40.8 Å². The van der Waals surface area contributed by atoms with Crippen LogP contribution in [0.2, 0.25) is 18.1 Å². The van der Waals surface area contributed by atoms with E-state index >= 15 is 0 Å². The number of piperidine rings is 1. The number of carbonyl (C=O) groups excluding carboxylic acids is 1. The molecule has 1 saturated heterocycles. The summed E-state index contributed by atoms with van der Waals surface area (Å²) >= 11 is 0. The van der Waals surface area contributed by atoms with Gasteiger partial charge in [-0.1, -0.05) is 27.7 Å². The molecule has 5 nitrogen and oxygen atoms in total. The summed E-state index contributed by atoms with van der Waals surface area (Å²) < 4.78 is 11.4. The van der Waals surface area contributed by atoms with Gasteiger partial charge in [0.05, 0.1) is 7.11 Å². The predicted molar refractivity (Wildman–Crippen MR) is 104 cm³/mol. The predicted octanol–water partition coefficient (Wildman–Crippen LogP) is 4.41. The number of aliphatic hydroxyl groups is 1. The number of aliphatic hydroxyl groups excluding tert-OH is 1. The average molecular weight is 374 g/mol. The maximum atomic E-state index is 12.4. The fraction of sp³-hybridized carbons (Fsp3) is 0.947. The monoisotopic (exact) mass is 373 g/mol. The van der Waals surface area contributed by atoms with Crippen molar-refractivity contribution in [1.82, 2.24) is 4.90 Å². The molecule has 0 aliphatic carbocycles. The largest absolute Gasteiger partial charge is 0.453 e. The number of methoxy groups -OCH3 is 1. The standard InChI is InChI=1S/C19H39NO4Si/c1-15-10-11-16(12-14-24-25(6,7)19(2,3)4)20(18(22)23-5)17(15)9-8-13-21/h15-17,21H,8-14H2,1-7H3/t15-,16+,17+/m1/s1. The van der Waals surface area contributed by atoms with Crippen molar-refractivity contribution in [2.75, 3.05) is 20.3 Å². The number of hydrogen-bond acceptors (Lipinski definition) is 4. The van der Waals surface area contributed by atoms with E-state index in [0.29, 0.717) is 12.5 Å². The van der Waals surface area contributed by atoms with Gasteiger partial charge in [0.25, 0.3) is 0 Å². The highest BCUT2D eigenvalue weighted by atomic mass is 28.4. The van der Waals surface area contributed by atoms with E-state index in [0.717, 1.165) is 32.1 Å². The third-order valence-corrected chi connectivity index (χ3v) is 10.7. The second-order valence-corrected chi connectivity index (χ2v) is 13.7. The van der Waals surface area contributed by atoms with Crippen LogP contribution in [-0.4, -0.2) is 56.8 Å². The summed E-state index contributed by atoms with van der Waals surface area (Å²) in [5.74, 6) is 0.434. The average Bonchev–Trinajstić information content (AvgIpc) is 2.52. The van der Waals surface area contributed by atoms with Crippen molar-refractivity contribution in [2.45, 2.75) is 90.0 Å². The lowest BCUT2D eigenvalue weighted by Crippen LogP contribution is -2.54. The Balaban J connectivity index is 2.77. The van der Waals surface area contributed by atoms with Gasteiger partial charge in [0.2, 0.25) is 0 Å². The second kappa shape index (κ2) is 9.37. The highest BCUT2D eigenvalue weighted by molar-refractivity contribution is 6.74. The summed E-state index contributed by atoms with van der Waals surface area (Å²) in [5, 5.41) is 9.38. The van der Waals surface area contributed by atoms with Gasteiger partial charge in [-0.3, -0.25) is 0 Å². The highest BCUT2D eigenvalue weighted by Gasteiger charge is 2.40. The Bertz CT molecular complexity index is 422. The Morgan fingerprint density at radius 3 is 2.40 bits per heavy atom. The lowest BCUT2D eigenvalue weighted by molar-refractivity contribution is 0.0225. The van der Waals surface area contributed by atoms with Crippen LogP contribution in [-0.2, 0) is 9.16 Å². The fourth-order valence-electron chi connectivity index (χ4n) is 3.40. The van der Waals surface area contributed by atoms with Crippen LogP contribution in [0.4, 0.5) is 4.79 Å². The molecule has 6 heteroatoms. The van der Waals surface area contributed by atoms with Crippen molar-refractivity contribution in [3.05, 3.63) is 0 Å². The molecule has 1 N–H and O–H groups in total. The van der Waals surface area contributed by atoms with E-state index in [1.54, 1.807) is 0 Å². The first-order chi connectivity index (χ1) is 11.5. The van der Waals surface area contributed by atoms with Crippen LogP contribution in [0, 0.1) is 5.92 Å². The lowest BCUT2D eigenvalue weighted by Gasteiger charge is -2.45. The van der Waals surface area contributed by atoms with Crippen LogP contribution in [0.1, 0.15) is 59.8 Å². The van der Waals surface area contributed by atoms with E-state index in [1.165, 1.54) is 7.11 Å². The van der Waals surface area contributed by atoms with Crippen LogP contribution < -0.4 is 0 Å². The molecule has 1 rings (SSSR count). The SMILES string of the molecule is COC(=O)N1[C@H](CCO[Si](C)(C)C(C)(C)C)CC[C@@H](C)[C@@H]1CCCO. The molecule has 0 aromatic carbocycles. The number of carbonyl (C=O) groups is 1. The van der Waals surface area contributed by atoms with Gasteiger partial charge in [0.15, 0.2) is 8.32 Å². The summed E-state index contributed by atoms with van der Waals surface area (Å²) in [6, 6.07) is 0.309. The van der Waals surface area contributed by atoms with E-state index in [-0.39, 0.29) is 29.8 Å². The van der Waals surface area contributed by atoms with Crippen molar-refractivity contribution in [2.24, 2.45) is 5.92 Å². The Kier molecular flexibility index (Phi) is 8.42. The Morgan fingerprint density at radius 1 is 1.24 bits per heavy atom. The van der Waals surface area contributed by atoms with E-state index < -0.39 is 8.32 Å². The molecule has 1 amide bonds. The first-order valence-corrected chi connectivity index (χ1v) is 12.6. The minimum atomic E-state index is -1.77. The molecule has 0 unspecified atom stereocenters. The van der Waals surface area contributed by atoms with Crippen LogP contribution in [0.15, 0.2) is 0 Å². The zero-order chi connectivity index (χ0) is 19.3. The normalized spacial score (nSPS) is 25.1. The van der Waals surface area contributed by atoms with Crippen molar-refractivity contribution in [3.8, 4) is 0 Å². The molecule has 0 saturated carbocycles. The molecule has 0 aromatic heterocycles. The van der Waals surface area contributed by atoms with Crippen molar-refractivity contribution < 1.29 is 19.1 Å². The number of hydrogen-bond donors (Lipinski definition) is 1. The molecule has 1 fully saturated rings. The third-order valence-electron chi connectivity index (χ3n) is 6.13. The van der Waals surface area contributed by atoms with Crippen molar-refractivity contribution in [1.29, 1.82) is 0 Å². The number of likely N-dealkylation sites (tertiary alicyclic amines) is 1. The summed E-state index contributed by atoms with van der Waals surface area (Å²) in [4.78, 5) is 14.4. The van der Waals surface area contributed by atoms with Gasteiger partial charge in [0, 0.05) is 25.3 Å². The molecule has 1 aliphatic rings. The maximum absolute atomic E-state index is 12.4. The molecule has 1 aliphatic heterocycles. The first-order valence-electron chi connectivity index (χ1n) is 9.66. The fourth-order valence-corrected chi connectivity index (χ4v) is 4.46. The molecule has 0 radical (unpaired) electrons. The maximum Gasteiger partial charge on any atom is 0.409 e. The quantitative estimate of drug-likeness (QED) is 0.672. The van der Waals surface area contributed by atoms with E-state index in [1.807, 2.05) is 4.90 Å². The van der Waals surface area contributed by atoms with Crippen molar-refractivity contribution in [3.63, 3.8) is 0 Å². The molecule has 148 valence electrons. The van der Waals surface area contributed by atoms with E-state index in [9.17, 15) is 9.90 Å². The van der Waals surface area contributed by atoms with Gasteiger partial charge in [-0.15, -0.1) is 0 Å². The number of ether oxygens (including phenoxy) is 1. The zero-order valence-electron chi connectivity index (χ0n) is 17.3.